The van der Waals surface area contributed by atoms with Crippen molar-refractivity contribution in [1.82, 2.24) is 0 Å². The summed E-state index contributed by atoms with van der Waals surface area (Å²) in [5.41, 5.74) is 0.846. The third kappa shape index (κ3) is 3.66. The lowest BCUT2D eigenvalue weighted by Gasteiger charge is -2.01. The van der Waals surface area contributed by atoms with E-state index < -0.39 is 0 Å². The molecule has 0 atom stereocenters. The molecule has 0 fully saturated rings. The summed E-state index contributed by atoms with van der Waals surface area (Å²) in [6, 6.07) is 12.8. The van der Waals surface area contributed by atoms with Crippen molar-refractivity contribution < 1.29 is 9.18 Å². The number of hydrogen-bond donors (Lipinski definition) is 1. The number of rotatable bonds is 4. The Morgan fingerprint density at radius 1 is 1.11 bits per heavy atom. The molecular formula is C15H11ClFNO. The molecule has 2 rings (SSSR count). The number of carbonyl (C=O) groups excluding carboxylic acids is 1. The Morgan fingerprint density at radius 2 is 1.79 bits per heavy atom. The zero-order valence-electron chi connectivity index (χ0n) is 9.94. The van der Waals surface area contributed by atoms with Gasteiger partial charge < -0.3 is 5.32 Å². The Bertz CT molecular complexity index is 608. The van der Waals surface area contributed by atoms with Gasteiger partial charge in [-0.2, -0.15) is 0 Å². The van der Waals surface area contributed by atoms with Crippen LogP contribution < -0.4 is 5.32 Å². The van der Waals surface area contributed by atoms with Crippen LogP contribution in [0.5, 0.6) is 0 Å². The largest absolute Gasteiger partial charge is 0.359 e. The first-order chi connectivity index (χ1) is 9.16. The van der Waals surface area contributed by atoms with Crippen molar-refractivity contribution in [2.24, 2.45) is 0 Å². The first kappa shape index (κ1) is 13.3. The van der Waals surface area contributed by atoms with E-state index in [2.05, 4.69) is 5.32 Å². The number of ketones is 1. The number of halogens is 2. The number of carbonyl (C=O) groups is 1. The summed E-state index contributed by atoms with van der Waals surface area (Å²) in [6.45, 7) is 0. The molecule has 0 aromatic heterocycles. The molecule has 0 aliphatic heterocycles. The fourth-order valence-electron chi connectivity index (χ4n) is 1.50. The maximum atomic E-state index is 13.3. The minimum absolute atomic E-state index is 0.180. The van der Waals surface area contributed by atoms with Gasteiger partial charge in [0.2, 0.25) is 0 Å². The number of allylic oxidation sites excluding steroid dienone is 1. The van der Waals surface area contributed by atoms with E-state index in [1.165, 1.54) is 18.3 Å². The van der Waals surface area contributed by atoms with Crippen LogP contribution in [0.15, 0.2) is 60.8 Å². The molecule has 2 aromatic rings. The van der Waals surface area contributed by atoms with Crippen LogP contribution in [-0.2, 0) is 0 Å². The molecule has 4 heteroatoms. The van der Waals surface area contributed by atoms with E-state index in [0.29, 0.717) is 16.3 Å². The molecule has 0 unspecified atom stereocenters. The van der Waals surface area contributed by atoms with E-state index in [-0.39, 0.29) is 11.6 Å². The standard InChI is InChI=1S/C15H11ClFNO/c16-12-7-5-11(6-8-12)15(19)9-10-18-14-4-2-1-3-13(14)17/h1-10,18H/b10-9+. The van der Waals surface area contributed by atoms with Gasteiger partial charge in [0.1, 0.15) is 5.82 Å². The Balaban J connectivity index is 2.01. The summed E-state index contributed by atoms with van der Waals surface area (Å²) in [6.07, 6.45) is 2.75. The number of hydrogen-bond acceptors (Lipinski definition) is 2. The van der Waals surface area contributed by atoms with Crippen molar-refractivity contribution in [3.8, 4) is 0 Å². The highest BCUT2D eigenvalue weighted by atomic mass is 35.5. The minimum Gasteiger partial charge on any atom is -0.359 e. The van der Waals surface area contributed by atoms with Crippen molar-refractivity contribution in [2.45, 2.75) is 0 Å². The predicted octanol–water partition coefficient (Wildman–Crippen LogP) is 4.29. The van der Waals surface area contributed by atoms with Gasteiger partial charge in [-0.25, -0.2) is 4.39 Å². The van der Waals surface area contributed by atoms with E-state index in [1.54, 1.807) is 42.5 Å². The van der Waals surface area contributed by atoms with Crippen molar-refractivity contribution in [3.63, 3.8) is 0 Å². The van der Waals surface area contributed by atoms with Gasteiger partial charge in [-0.3, -0.25) is 4.79 Å². The highest BCUT2D eigenvalue weighted by molar-refractivity contribution is 6.30. The summed E-state index contributed by atoms with van der Waals surface area (Å²) in [4.78, 5) is 11.8. The summed E-state index contributed by atoms with van der Waals surface area (Å²) in [7, 11) is 0. The normalized spacial score (nSPS) is 10.6. The lowest BCUT2D eigenvalue weighted by Crippen LogP contribution is -1.97. The Hall–Kier alpha value is -2.13. The van der Waals surface area contributed by atoms with E-state index in [9.17, 15) is 9.18 Å². The van der Waals surface area contributed by atoms with Crippen molar-refractivity contribution >= 4 is 23.1 Å². The Labute approximate surface area is 115 Å². The lowest BCUT2D eigenvalue weighted by atomic mass is 10.1. The second-order valence-electron chi connectivity index (χ2n) is 3.83. The van der Waals surface area contributed by atoms with E-state index in [0.717, 1.165) is 0 Å². The predicted molar refractivity (Wildman–Crippen MR) is 74.9 cm³/mol. The van der Waals surface area contributed by atoms with Gasteiger partial charge in [-0.1, -0.05) is 23.7 Å². The smallest absolute Gasteiger partial charge is 0.187 e. The molecule has 19 heavy (non-hydrogen) atoms. The third-order valence-electron chi connectivity index (χ3n) is 2.48. The van der Waals surface area contributed by atoms with Crippen LogP contribution in [0.1, 0.15) is 10.4 Å². The highest BCUT2D eigenvalue weighted by Crippen LogP contribution is 2.13. The fourth-order valence-corrected chi connectivity index (χ4v) is 1.62. The molecule has 0 spiro atoms. The summed E-state index contributed by atoms with van der Waals surface area (Å²) in [5, 5.41) is 3.30. The van der Waals surface area contributed by atoms with Crippen molar-refractivity contribution in [1.29, 1.82) is 0 Å². The molecule has 0 heterocycles. The number of nitrogens with one attached hydrogen (secondary N) is 1. The number of anilines is 1. The van der Waals surface area contributed by atoms with Crippen molar-refractivity contribution in [3.05, 3.63) is 77.2 Å². The maximum absolute atomic E-state index is 13.3. The van der Waals surface area contributed by atoms with Gasteiger partial charge in [0, 0.05) is 22.9 Å². The quantitative estimate of drug-likeness (QED) is 0.666. The highest BCUT2D eigenvalue weighted by Gasteiger charge is 2.01. The summed E-state index contributed by atoms with van der Waals surface area (Å²) >= 11 is 5.73. The Morgan fingerprint density at radius 3 is 2.47 bits per heavy atom. The van der Waals surface area contributed by atoms with Crippen LogP contribution >= 0.6 is 11.6 Å². The van der Waals surface area contributed by atoms with Crippen LogP contribution in [0.3, 0.4) is 0 Å². The molecular weight excluding hydrogens is 265 g/mol. The molecule has 0 amide bonds. The monoisotopic (exact) mass is 275 g/mol. The number of para-hydroxylation sites is 1. The van der Waals surface area contributed by atoms with Gasteiger partial charge in [0.25, 0.3) is 0 Å². The van der Waals surface area contributed by atoms with Gasteiger partial charge in [0.15, 0.2) is 5.78 Å². The van der Waals surface area contributed by atoms with Crippen molar-refractivity contribution in [2.75, 3.05) is 5.32 Å². The van der Waals surface area contributed by atoms with Gasteiger partial charge in [0.05, 0.1) is 5.69 Å². The van der Waals surface area contributed by atoms with Crippen LogP contribution in [0.2, 0.25) is 5.02 Å². The molecule has 2 nitrogen and oxygen atoms in total. The second kappa shape index (κ2) is 6.16. The summed E-state index contributed by atoms with van der Waals surface area (Å²) in [5.74, 6) is -0.549. The van der Waals surface area contributed by atoms with Crippen LogP contribution in [0.4, 0.5) is 10.1 Å². The van der Waals surface area contributed by atoms with Gasteiger partial charge in [-0.15, -0.1) is 0 Å². The molecule has 2 aromatic carbocycles. The Kier molecular flexibility index (Phi) is 4.31. The molecule has 1 N–H and O–H groups in total. The average Bonchev–Trinajstić information content (AvgIpc) is 2.41. The van der Waals surface area contributed by atoms with Crippen LogP contribution in [-0.4, -0.2) is 5.78 Å². The molecule has 0 bridgehead atoms. The average molecular weight is 276 g/mol. The zero-order chi connectivity index (χ0) is 13.7. The second-order valence-corrected chi connectivity index (χ2v) is 4.27. The topological polar surface area (TPSA) is 29.1 Å². The van der Waals surface area contributed by atoms with Gasteiger partial charge in [-0.05, 0) is 36.4 Å². The summed E-state index contributed by atoms with van der Waals surface area (Å²) < 4.78 is 13.3. The SMILES string of the molecule is O=C(/C=C/Nc1ccccc1F)c1ccc(Cl)cc1. The zero-order valence-corrected chi connectivity index (χ0v) is 10.7. The van der Waals surface area contributed by atoms with E-state index in [4.69, 9.17) is 11.6 Å². The maximum Gasteiger partial charge on any atom is 0.187 e. The number of benzene rings is 2. The molecule has 0 aliphatic carbocycles. The minimum atomic E-state index is -0.369. The molecule has 0 saturated heterocycles. The lowest BCUT2D eigenvalue weighted by molar-refractivity contribution is 0.104. The first-order valence-corrected chi connectivity index (χ1v) is 6.02. The van der Waals surface area contributed by atoms with Crippen LogP contribution in [0.25, 0.3) is 0 Å². The van der Waals surface area contributed by atoms with E-state index in [1.807, 2.05) is 0 Å². The molecule has 0 saturated carbocycles. The first-order valence-electron chi connectivity index (χ1n) is 5.64. The van der Waals surface area contributed by atoms with E-state index >= 15 is 0 Å². The molecule has 96 valence electrons. The molecule has 0 radical (unpaired) electrons. The van der Waals surface area contributed by atoms with Gasteiger partial charge >= 0.3 is 0 Å². The fraction of sp³-hybridized carbons (Fsp3) is 0. The van der Waals surface area contributed by atoms with Crippen LogP contribution in [0, 0.1) is 5.82 Å². The third-order valence-corrected chi connectivity index (χ3v) is 2.73. The molecule has 0 aliphatic rings.